The van der Waals surface area contributed by atoms with Gasteiger partial charge in [-0.3, -0.25) is 0 Å². The summed E-state index contributed by atoms with van der Waals surface area (Å²) in [5, 5.41) is 11.5. The minimum Gasteiger partial charge on any atom is -0.362 e. The Morgan fingerprint density at radius 1 is 0.861 bits per heavy atom. The summed E-state index contributed by atoms with van der Waals surface area (Å²) in [5.74, 6) is 2.12. The zero-order chi connectivity index (χ0) is 24.5. The Hall–Kier alpha value is -4.00. The number of hydrogen-bond donors (Lipinski definition) is 1. The standard InChI is InChI=1S/C29H21ClN4OS/c1-18-12-13-22(24(30)14-18)25-15-21(35-34-25)16-31-28-26-23(19-8-4-2-5-9-19)17-36-29(26)33-27(32-28)20-10-6-3-7-11-20/h2-15,17H,16H2,1H3,(H,31,32,33). The minimum atomic E-state index is 0.418. The van der Waals surface area contributed by atoms with Gasteiger partial charge in [-0.25, -0.2) is 9.97 Å². The topological polar surface area (TPSA) is 63.8 Å². The lowest BCUT2D eigenvalue weighted by Crippen LogP contribution is -2.03. The molecule has 0 saturated carbocycles. The first kappa shape index (κ1) is 22.5. The molecule has 176 valence electrons. The van der Waals surface area contributed by atoms with Crippen LogP contribution in [0.4, 0.5) is 5.82 Å². The predicted octanol–water partition coefficient (Wildman–Crippen LogP) is 8.25. The normalized spacial score (nSPS) is 11.2. The Bertz CT molecular complexity index is 1660. The van der Waals surface area contributed by atoms with Crippen molar-refractivity contribution < 1.29 is 4.52 Å². The Kier molecular flexibility index (Phi) is 5.97. The van der Waals surface area contributed by atoms with Gasteiger partial charge in [0.05, 0.1) is 17.0 Å². The van der Waals surface area contributed by atoms with Gasteiger partial charge in [0, 0.05) is 28.1 Å². The van der Waals surface area contributed by atoms with E-state index in [9.17, 15) is 0 Å². The van der Waals surface area contributed by atoms with Crippen molar-refractivity contribution >= 4 is 39.0 Å². The SMILES string of the molecule is Cc1ccc(-c2cc(CNc3nc(-c4ccccc4)nc4scc(-c5ccccc5)c34)on2)c(Cl)c1. The average Bonchev–Trinajstić information content (AvgIpc) is 3.56. The van der Waals surface area contributed by atoms with Crippen molar-refractivity contribution in [1.29, 1.82) is 0 Å². The summed E-state index contributed by atoms with van der Waals surface area (Å²) in [5.41, 5.74) is 5.84. The van der Waals surface area contributed by atoms with Gasteiger partial charge in [-0.05, 0) is 24.1 Å². The van der Waals surface area contributed by atoms with E-state index in [2.05, 4.69) is 28.0 Å². The van der Waals surface area contributed by atoms with Gasteiger partial charge in [0.2, 0.25) is 0 Å². The van der Waals surface area contributed by atoms with Gasteiger partial charge in [0.25, 0.3) is 0 Å². The number of aromatic nitrogens is 3. The number of nitrogens with one attached hydrogen (secondary N) is 1. The first-order chi connectivity index (χ1) is 17.7. The maximum atomic E-state index is 6.44. The van der Waals surface area contributed by atoms with Crippen molar-refractivity contribution in [2.75, 3.05) is 5.32 Å². The highest BCUT2D eigenvalue weighted by molar-refractivity contribution is 7.17. The van der Waals surface area contributed by atoms with Crippen molar-refractivity contribution in [3.63, 3.8) is 0 Å². The quantitative estimate of drug-likeness (QED) is 0.245. The summed E-state index contributed by atoms with van der Waals surface area (Å²) in [4.78, 5) is 10.7. The maximum absolute atomic E-state index is 6.44. The number of benzene rings is 3. The highest BCUT2D eigenvalue weighted by Crippen LogP contribution is 2.38. The molecule has 1 N–H and O–H groups in total. The molecule has 0 bridgehead atoms. The van der Waals surface area contributed by atoms with Crippen molar-refractivity contribution in [2.24, 2.45) is 0 Å². The fraction of sp³-hybridized carbons (Fsp3) is 0.0690. The van der Waals surface area contributed by atoms with Crippen LogP contribution in [0.25, 0.3) is 44.0 Å². The molecule has 0 atom stereocenters. The van der Waals surface area contributed by atoms with Crippen LogP contribution < -0.4 is 5.32 Å². The van der Waals surface area contributed by atoms with Crippen LogP contribution in [0.1, 0.15) is 11.3 Å². The van der Waals surface area contributed by atoms with Crippen LogP contribution in [-0.2, 0) is 6.54 Å². The lowest BCUT2D eigenvalue weighted by atomic mass is 10.1. The smallest absolute Gasteiger partial charge is 0.163 e. The lowest BCUT2D eigenvalue weighted by molar-refractivity contribution is 0.390. The number of halogens is 1. The molecular formula is C29H21ClN4OS. The summed E-state index contributed by atoms with van der Waals surface area (Å²) >= 11 is 8.05. The molecule has 6 rings (SSSR count). The maximum Gasteiger partial charge on any atom is 0.163 e. The van der Waals surface area contributed by atoms with Gasteiger partial charge in [-0.15, -0.1) is 11.3 Å². The third-order valence-electron chi connectivity index (χ3n) is 5.94. The highest BCUT2D eigenvalue weighted by atomic mass is 35.5. The molecule has 0 radical (unpaired) electrons. The van der Waals surface area contributed by atoms with Crippen LogP contribution in [0.15, 0.2) is 94.8 Å². The molecule has 5 nitrogen and oxygen atoms in total. The number of hydrogen-bond acceptors (Lipinski definition) is 6. The van der Waals surface area contributed by atoms with E-state index in [-0.39, 0.29) is 0 Å². The lowest BCUT2D eigenvalue weighted by Gasteiger charge is -2.10. The van der Waals surface area contributed by atoms with E-state index < -0.39 is 0 Å². The van der Waals surface area contributed by atoms with E-state index >= 15 is 0 Å². The van der Waals surface area contributed by atoms with E-state index in [0.717, 1.165) is 43.9 Å². The number of thiophene rings is 1. The number of fused-ring (bicyclic) bond motifs is 1. The molecule has 0 aliphatic carbocycles. The van der Waals surface area contributed by atoms with Crippen LogP contribution >= 0.6 is 22.9 Å². The van der Waals surface area contributed by atoms with Crippen LogP contribution in [0.5, 0.6) is 0 Å². The molecule has 0 aliphatic heterocycles. The fourth-order valence-electron chi connectivity index (χ4n) is 4.14. The molecule has 3 aromatic carbocycles. The second-order valence-electron chi connectivity index (χ2n) is 8.47. The number of nitrogens with zero attached hydrogens (tertiary/aromatic N) is 3. The zero-order valence-electron chi connectivity index (χ0n) is 19.4. The van der Waals surface area contributed by atoms with E-state index in [1.54, 1.807) is 11.3 Å². The minimum absolute atomic E-state index is 0.418. The fourth-order valence-corrected chi connectivity index (χ4v) is 5.42. The van der Waals surface area contributed by atoms with Crippen molar-refractivity contribution in [1.82, 2.24) is 15.1 Å². The van der Waals surface area contributed by atoms with Gasteiger partial charge in [0.15, 0.2) is 11.6 Å². The van der Waals surface area contributed by atoms with Gasteiger partial charge in [-0.1, -0.05) is 89.6 Å². The van der Waals surface area contributed by atoms with Crippen molar-refractivity contribution in [3.05, 3.63) is 107 Å². The van der Waals surface area contributed by atoms with Crippen molar-refractivity contribution in [2.45, 2.75) is 13.5 Å². The zero-order valence-corrected chi connectivity index (χ0v) is 21.0. The second kappa shape index (κ2) is 9.57. The number of rotatable bonds is 6. The summed E-state index contributed by atoms with van der Waals surface area (Å²) in [6.07, 6.45) is 0. The Balaban J connectivity index is 1.38. The molecule has 7 heteroatoms. The second-order valence-corrected chi connectivity index (χ2v) is 9.74. The third-order valence-corrected chi connectivity index (χ3v) is 7.12. The molecular weight excluding hydrogens is 488 g/mol. The van der Waals surface area contributed by atoms with E-state index in [0.29, 0.717) is 28.8 Å². The Labute approximate surface area is 217 Å². The summed E-state index contributed by atoms with van der Waals surface area (Å²) in [7, 11) is 0. The third kappa shape index (κ3) is 4.37. The van der Waals surface area contributed by atoms with E-state index in [4.69, 9.17) is 26.1 Å². The Morgan fingerprint density at radius 2 is 1.61 bits per heavy atom. The van der Waals surface area contributed by atoms with Gasteiger partial charge in [0.1, 0.15) is 16.3 Å². The molecule has 3 heterocycles. The van der Waals surface area contributed by atoms with Crippen molar-refractivity contribution in [3.8, 4) is 33.8 Å². The van der Waals surface area contributed by atoms with Gasteiger partial charge in [-0.2, -0.15) is 0 Å². The molecule has 36 heavy (non-hydrogen) atoms. The number of anilines is 1. The van der Waals surface area contributed by atoms with Crippen LogP contribution in [0, 0.1) is 6.92 Å². The van der Waals surface area contributed by atoms with Crippen LogP contribution in [-0.4, -0.2) is 15.1 Å². The first-order valence-corrected chi connectivity index (χ1v) is 12.8. The Morgan fingerprint density at radius 3 is 2.36 bits per heavy atom. The van der Waals surface area contributed by atoms with Gasteiger partial charge >= 0.3 is 0 Å². The molecule has 6 aromatic rings. The monoisotopic (exact) mass is 508 g/mol. The van der Waals surface area contributed by atoms with Gasteiger partial charge < -0.3 is 9.84 Å². The summed E-state index contributed by atoms with van der Waals surface area (Å²) in [6.45, 7) is 2.43. The van der Waals surface area contributed by atoms with Crippen LogP contribution in [0.2, 0.25) is 5.02 Å². The molecule has 0 saturated heterocycles. The molecule has 0 aliphatic rings. The summed E-state index contributed by atoms with van der Waals surface area (Å²) < 4.78 is 5.64. The average molecular weight is 509 g/mol. The summed E-state index contributed by atoms with van der Waals surface area (Å²) in [6, 6.07) is 28.1. The van der Waals surface area contributed by atoms with E-state index in [1.165, 1.54) is 0 Å². The first-order valence-electron chi connectivity index (χ1n) is 11.5. The highest BCUT2D eigenvalue weighted by Gasteiger charge is 2.17. The molecule has 0 unspecified atom stereocenters. The van der Waals surface area contributed by atoms with E-state index in [1.807, 2.05) is 79.7 Å². The number of aryl methyl sites for hydroxylation is 1. The largest absolute Gasteiger partial charge is 0.362 e. The predicted molar refractivity (Wildman–Crippen MR) is 147 cm³/mol. The molecule has 0 fully saturated rings. The molecule has 0 spiro atoms. The molecule has 0 amide bonds. The van der Waals surface area contributed by atoms with Crippen LogP contribution in [0.3, 0.4) is 0 Å². The molecule has 3 aromatic heterocycles.